The van der Waals surface area contributed by atoms with Gasteiger partial charge in [0.2, 0.25) is 5.91 Å². The summed E-state index contributed by atoms with van der Waals surface area (Å²) in [6, 6.07) is 9.68. The fourth-order valence-electron chi connectivity index (χ4n) is 3.64. The van der Waals surface area contributed by atoms with E-state index in [4.69, 9.17) is 0 Å². The molecule has 4 rings (SSSR count). The normalized spacial score (nSPS) is 15.4. The molecule has 0 saturated carbocycles. The first-order chi connectivity index (χ1) is 13.4. The van der Waals surface area contributed by atoms with E-state index in [2.05, 4.69) is 28.3 Å². The second kappa shape index (κ2) is 7.16. The van der Waals surface area contributed by atoms with Crippen LogP contribution in [0.1, 0.15) is 34.6 Å². The fraction of sp³-hybridized carbons (Fsp3) is 0.238. The van der Waals surface area contributed by atoms with Crippen LogP contribution in [0, 0.1) is 6.92 Å². The minimum absolute atomic E-state index is 0.0595. The topological polar surface area (TPSA) is 75.2 Å². The molecule has 0 spiro atoms. The summed E-state index contributed by atoms with van der Waals surface area (Å²) in [6.45, 7) is 5.65. The third kappa shape index (κ3) is 3.29. The highest BCUT2D eigenvalue weighted by atomic mass is 32.1. The lowest BCUT2D eigenvalue weighted by Crippen LogP contribution is -2.33. The Hall–Kier alpha value is -3.06. The van der Waals surface area contributed by atoms with E-state index in [0.717, 1.165) is 33.8 Å². The standard InChI is InChI=1S/C21H20N4O2S/c1-12-9-17-10-15(6-7-18(17)25(12)14(3)26)19-13(2)28-21(23-19)24-20(27)16-5-4-8-22-11-16/h4-8,10-12H,9H2,1-3H3,(H,23,24,27)/t12-/m1/s1. The molecule has 0 aliphatic carbocycles. The average molecular weight is 392 g/mol. The van der Waals surface area contributed by atoms with Crippen molar-refractivity contribution in [3.8, 4) is 11.3 Å². The molecule has 142 valence electrons. The van der Waals surface area contributed by atoms with Gasteiger partial charge in [-0.05, 0) is 50.1 Å². The summed E-state index contributed by atoms with van der Waals surface area (Å²) in [5.74, 6) is -0.169. The van der Waals surface area contributed by atoms with Crippen molar-refractivity contribution in [1.29, 1.82) is 0 Å². The Morgan fingerprint density at radius 3 is 2.82 bits per heavy atom. The Kier molecular flexibility index (Phi) is 4.68. The molecule has 0 bridgehead atoms. The SMILES string of the molecule is CC(=O)N1c2ccc(-c3nc(NC(=O)c4cccnc4)sc3C)cc2C[C@H]1C. The van der Waals surface area contributed by atoms with Crippen molar-refractivity contribution in [3.63, 3.8) is 0 Å². The number of rotatable bonds is 3. The summed E-state index contributed by atoms with van der Waals surface area (Å²) in [7, 11) is 0. The largest absolute Gasteiger partial charge is 0.309 e. The molecule has 2 amide bonds. The van der Waals surface area contributed by atoms with Crippen LogP contribution in [0.15, 0.2) is 42.7 Å². The first-order valence-corrected chi connectivity index (χ1v) is 9.87. The minimum Gasteiger partial charge on any atom is -0.309 e. The molecule has 1 aliphatic rings. The van der Waals surface area contributed by atoms with E-state index >= 15 is 0 Å². The van der Waals surface area contributed by atoms with E-state index in [0.29, 0.717) is 10.7 Å². The molecule has 1 aliphatic heterocycles. The maximum Gasteiger partial charge on any atom is 0.259 e. The molecule has 28 heavy (non-hydrogen) atoms. The number of aromatic nitrogens is 2. The molecule has 0 fully saturated rings. The number of fused-ring (bicyclic) bond motifs is 1. The molecular formula is C21H20N4O2S. The fourth-order valence-corrected chi connectivity index (χ4v) is 4.47. The number of amides is 2. The van der Waals surface area contributed by atoms with Crippen molar-refractivity contribution < 1.29 is 9.59 Å². The molecule has 3 heterocycles. The van der Waals surface area contributed by atoms with E-state index in [-0.39, 0.29) is 17.9 Å². The molecule has 6 nitrogen and oxygen atoms in total. The first-order valence-electron chi connectivity index (χ1n) is 9.06. The van der Waals surface area contributed by atoms with Gasteiger partial charge in [0.15, 0.2) is 5.13 Å². The Bertz CT molecular complexity index is 1060. The molecule has 1 atom stereocenters. The maximum atomic E-state index is 12.3. The smallest absolute Gasteiger partial charge is 0.259 e. The van der Waals surface area contributed by atoms with Gasteiger partial charge in [-0.25, -0.2) is 4.98 Å². The predicted molar refractivity (Wildman–Crippen MR) is 111 cm³/mol. The highest BCUT2D eigenvalue weighted by molar-refractivity contribution is 7.16. The molecule has 7 heteroatoms. The number of nitrogens with one attached hydrogen (secondary N) is 1. The number of carbonyl (C=O) groups is 2. The monoisotopic (exact) mass is 392 g/mol. The van der Waals surface area contributed by atoms with Gasteiger partial charge in [0.1, 0.15) is 0 Å². The number of aryl methyl sites for hydroxylation is 1. The number of benzene rings is 1. The quantitative estimate of drug-likeness (QED) is 0.729. The van der Waals surface area contributed by atoms with Gasteiger partial charge in [-0.3, -0.25) is 19.9 Å². The van der Waals surface area contributed by atoms with Gasteiger partial charge in [0.05, 0.1) is 11.3 Å². The van der Waals surface area contributed by atoms with Crippen molar-refractivity contribution in [3.05, 3.63) is 58.7 Å². The number of anilines is 2. The van der Waals surface area contributed by atoms with Gasteiger partial charge in [0, 0.05) is 41.5 Å². The van der Waals surface area contributed by atoms with Crippen LogP contribution >= 0.6 is 11.3 Å². The Labute approximate surface area is 167 Å². The number of thiazole rings is 1. The zero-order chi connectivity index (χ0) is 19.8. The number of pyridine rings is 1. The van der Waals surface area contributed by atoms with Crippen LogP contribution in [0.3, 0.4) is 0 Å². The van der Waals surface area contributed by atoms with Crippen molar-refractivity contribution >= 4 is 34.0 Å². The summed E-state index contributed by atoms with van der Waals surface area (Å²) in [5, 5.41) is 3.40. The molecule has 3 aromatic rings. The summed E-state index contributed by atoms with van der Waals surface area (Å²) in [4.78, 5) is 35.7. The van der Waals surface area contributed by atoms with Gasteiger partial charge >= 0.3 is 0 Å². The van der Waals surface area contributed by atoms with Crippen molar-refractivity contribution in [2.24, 2.45) is 0 Å². The first kappa shape index (κ1) is 18.3. The Morgan fingerprint density at radius 1 is 1.29 bits per heavy atom. The van der Waals surface area contributed by atoms with Crippen LogP contribution in [0.4, 0.5) is 10.8 Å². The highest BCUT2D eigenvalue weighted by Gasteiger charge is 2.29. The lowest BCUT2D eigenvalue weighted by molar-refractivity contribution is -0.116. The van der Waals surface area contributed by atoms with E-state index in [1.54, 1.807) is 25.3 Å². The van der Waals surface area contributed by atoms with Crippen LogP contribution in [-0.4, -0.2) is 27.8 Å². The van der Waals surface area contributed by atoms with E-state index in [9.17, 15) is 9.59 Å². The van der Waals surface area contributed by atoms with Gasteiger partial charge in [-0.15, -0.1) is 11.3 Å². The number of carbonyl (C=O) groups excluding carboxylic acids is 2. The third-order valence-electron chi connectivity index (χ3n) is 4.85. The lowest BCUT2D eigenvalue weighted by Gasteiger charge is -2.20. The van der Waals surface area contributed by atoms with Crippen molar-refractivity contribution in [2.75, 3.05) is 10.2 Å². The average Bonchev–Trinajstić information content (AvgIpc) is 3.20. The second-order valence-electron chi connectivity index (χ2n) is 6.91. The second-order valence-corrected chi connectivity index (χ2v) is 8.11. The number of nitrogens with zero attached hydrogens (tertiary/aromatic N) is 3. The Balaban J connectivity index is 1.60. The summed E-state index contributed by atoms with van der Waals surface area (Å²) < 4.78 is 0. The van der Waals surface area contributed by atoms with Crippen LogP contribution in [-0.2, 0) is 11.2 Å². The van der Waals surface area contributed by atoms with Crippen LogP contribution in [0.2, 0.25) is 0 Å². The molecule has 0 radical (unpaired) electrons. The van der Waals surface area contributed by atoms with Crippen molar-refractivity contribution in [1.82, 2.24) is 9.97 Å². The Morgan fingerprint density at radius 2 is 2.11 bits per heavy atom. The van der Waals surface area contributed by atoms with Crippen LogP contribution in [0.5, 0.6) is 0 Å². The lowest BCUT2D eigenvalue weighted by atomic mass is 10.0. The number of hydrogen-bond donors (Lipinski definition) is 1. The maximum absolute atomic E-state index is 12.3. The molecule has 1 aromatic carbocycles. The number of hydrogen-bond acceptors (Lipinski definition) is 5. The van der Waals surface area contributed by atoms with Crippen LogP contribution in [0.25, 0.3) is 11.3 Å². The van der Waals surface area contributed by atoms with Crippen LogP contribution < -0.4 is 10.2 Å². The van der Waals surface area contributed by atoms with Gasteiger partial charge in [0.25, 0.3) is 5.91 Å². The predicted octanol–water partition coefficient (Wildman–Crippen LogP) is 4.06. The van der Waals surface area contributed by atoms with Gasteiger partial charge in [-0.2, -0.15) is 0 Å². The highest BCUT2D eigenvalue weighted by Crippen LogP contribution is 2.37. The molecule has 2 aromatic heterocycles. The van der Waals surface area contributed by atoms with Gasteiger partial charge < -0.3 is 4.90 Å². The summed E-state index contributed by atoms with van der Waals surface area (Å²) in [5.41, 5.74) is 4.46. The zero-order valence-electron chi connectivity index (χ0n) is 15.9. The molecule has 0 unspecified atom stereocenters. The molecule has 0 saturated heterocycles. The zero-order valence-corrected chi connectivity index (χ0v) is 16.7. The van der Waals surface area contributed by atoms with E-state index in [1.165, 1.54) is 17.5 Å². The summed E-state index contributed by atoms with van der Waals surface area (Å²) in [6.07, 6.45) is 3.99. The van der Waals surface area contributed by atoms with Crippen molar-refractivity contribution in [2.45, 2.75) is 33.2 Å². The van der Waals surface area contributed by atoms with E-state index < -0.39 is 0 Å². The molecule has 1 N–H and O–H groups in total. The minimum atomic E-state index is -0.228. The molecular weight excluding hydrogens is 372 g/mol. The van der Waals surface area contributed by atoms with E-state index in [1.807, 2.05) is 24.0 Å². The third-order valence-corrected chi connectivity index (χ3v) is 5.73. The van der Waals surface area contributed by atoms with Gasteiger partial charge in [-0.1, -0.05) is 6.07 Å². The summed E-state index contributed by atoms with van der Waals surface area (Å²) >= 11 is 1.44.